The van der Waals surface area contributed by atoms with Crippen LogP contribution in [0, 0.1) is 34.5 Å². The van der Waals surface area contributed by atoms with E-state index in [1.54, 1.807) is 55.2 Å². The van der Waals surface area contributed by atoms with Crippen LogP contribution in [0.15, 0.2) is 96.6 Å². The van der Waals surface area contributed by atoms with Gasteiger partial charge in [-0.1, -0.05) is 113 Å². The fourth-order valence-electron chi connectivity index (χ4n) is 15.8. The number of hydrogen-bond donors (Lipinski definition) is 7. The molecule has 1 saturated heterocycles. The number of Topliss-reactive ketones (excluding diaryl/α,β-unsaturated/α-hetero) is 1. The van der Waals surface area contributed by atoms with E-state index in [-0.39, 0.29) is 145 Å². The molecule has 3 saturated carbocycles. The fourth-order valence-corrected chi connectivity index (χ4v) is 15.8. The number of benzene rings is 3. The standard InChI is InChI=1S/C78H103N7O19/c1-7-13-70-103-64-44-59-58-24-21-54-43-56(86)29-31-76(54,5)71(58)62(87)45-77(59,6)78(64,104-70)63(88)48-102-69(93)28-27-68(92)101-47-51-19-22-55(23-20-51)82-73(94)60(17-12-32-81-75(79)96)83-74(95)72(49(2)3)84-66(90)30-34-97-36-38-99-40-41-100-39-37-98-35-33-80-65(89)25-26-67(91)85-46-53-15-9-8-14-52(53)42-50(4)57-16-10-11-18-61(57)85/h8-11,14-16,18-20,22-23,29,31,42-43,49,58-60,62,64,70-72,87H,7,12-13,17,21,24-28,30,32-41,44-48H2,1-6H3,(H,80,89)(H,82,94)(H,83,95)(H,84,90)(H3,79,81,96)/b50-42-/t58-,59-,60-,62-,64+,70?,71+,72-,76-,77-,78+/m0/s1. The van der Waals surface area contributed by atoms with Gasteiger partial charge in [-0.3, -0.25) is 43.2 Å². The second-order valence-corrected chi connectivity index (χ2v) is 28.4. The molecular weight excluding hydrogens is 1340 g/mol. The van der Waals surface area contributed by atoms with Crippen molar-refractivity contribution < 1.29 is 90.9 Å². The molecule has 0 aromatic heterocycles. The van der Waals surface area contributed by atoms with E-state index < -0.39 is 95.1 Å². The van der Waals surface area contributed by atoms with Gasteiger partial charge in [0, 0.05) is 60.4 Å². The molecule has 3 aromatic carbocycles. The molecule has 26 heteroatoms. The highest BCUT2D eigenvalue weighted by Gasteiger charge is 2.76. The number of ketones is 2. The number of ether oxygens (including phenoxy) is 8. The highest BCUT2D eigenvalue weighted by atomic mass is 16.7. The molecule has 8 N–H and O–H groups in total. The van der Waals surface area contributed by atoms with Crippen molar-refractivity contribution >= 4 is 82.1 Å². The number of carbonyl (C=O) groups is 10. The van der Waals surface area contributed by atoms with E-state index in [0.717, 1.165) is 46.4 Å². The number of primary amides is 1. The van der Waals surface area contributed by atoms with E-state index >= 15 is 0 Å². The van der Waals surface area contributed by atoms with Crippen LogP contribution in [0.25, 0.3) is 11.6 Å². The van der Waals surface area contributed by atoms with Crippen LogP contribution in [0.3, 0.4) is 0 Å². The number of rotatable bonds is 38. The third-order valence-electron chi connectivity index (χ3n) is 21.0. The summed E-state index contributed by atoms with van der Waals surface area (Å²) < 4.78 is 46.5. The topological polar surface area (TPSA) is 354 Å². The number of urea groups is 1. The third-order valence-corrected chi connectivity index (χ3v) is 21.0. The normalized spacial score (nSPS) is 24.5. The van der Waals surface area contributed by atoms with Gasteiger partial charge in [-0.05, 0) is 122 Å². The summed E-state index contributed by atoms with van der Waals surface area (Å²) in [5.74, 6) is -4.63. The maximum atomic E-state index is 14.6. The first-order valence-corrected chi connectivity index (χ1v) is 36.5. The minimum atomic E-state index is -1.48. The number of hydrogen-bond acceptors (Lipinski definition) is 19. The van der Waals surface area contributed by atoms with Crippen LogP contribution in [-0.4, -0.2) is 173 Å². The Bertz CT molecular complexity index is 3650. The summed E-state index contributed by atoms with van der Waals surface area (Å²) in [6, 6.07) is 19.3. The average Bonchev–Trinajstić information content (AvgIpc) is 1.49. The Morgan fingerprint density at radius 2 is 1.43 bits per heavy atom. The molecule has 11 atom stereocenters. The van der Waals surface area contributed by atoms with Gasteiger partial charge in [0.1, 0.15) is 18.7 Å². The number of nitrogens with one attached hydrogen (secondary N) is 5. The number of aliphatic hydroxyl groups excluding tert-OH is 1. The van der Waals surface area contributed by atoms with Gasteiger partial charge in [-0.15, -0.1) is 0 Å². The van der Waals surface area contributed by atoms with E-state index in [0.29, 0.717) is 56.9 Å². The molecule has 4 aliphatic carbocycles. The lowest BCUT2D eigenvalue weighted by Gasteiger charge is -2.59. The lowest BCUT2D eigenvalue weighted by atomic mass is 9.46. The number of amides is 7. The monoisotopic (exact) mass is 1440 g/mol. The first-order valence-electron chi connectivity index (χ1n) is 36.5. The Morgan fingerprint density at radius 1 is 0.750 bits per heavy atom. The van der Waals surface area contributed by atoms with Crippen LogP contribution in [0.4, 0.5) is 16.2 Å². The molecule has 0 radical (unpaired) electrons. The first-order chi connectivity index (χ1) is 49.9. The number of anilines is 2. The van der Waals surface area contributed by atoms with Gasteiger partial charge < -0.3 is 80.2 Å². The minimum absolute atomic E-state index is 0.0109. The molecule has 0 spiro atoms. The van der Waals surface area contributed by atoms with Gasteiger partial charge >= 0.3 is 18.0 Å². The molecular formula is C78H103N7O19. The predicted octanol–water partition coefficient (Wildman–Crippen LogP) is 7.26. The van der Waals surface area contributed by atoms with Gasteiger partial charge in [0.15, 0.2) is 24.3 Å². The summed E-state index contributed by atoms with van der Waals surface area (Å²) in [6.07, 6.45) is 8.46. The number of fused-ring (bicyclic) bond motifs is 9. The van der Waals surface area contributed by atoms with Crippen molar-refractivity contribution in [2.45, 2.75) is 174 Å². The van der Waals surface area contributed by atoms with Crippen LogP contribution < -0.4 is 37.2 Å². The molecule has 3 aromatic rings. The number of aliphatic hydroxyl groups is 1. The van der Waals surface area contributed by atoms with Crippen LogP contribution in [0.5, 0.6) is 0 Å². The van der Waals surface area contributed by atoms with Crippen molar-refractivity contribution in [3.8, 4) is 0 Å². The molecule has 1 unspecified atom stereocenters. The molecule has 7 amide bonds. The lowest BCUT2D eigenvalue weighted by Crippen LogP contribution is -2.63. The summed E-state index contributed by atoms with van der Waals surface area (Å²) in [4.78, 5) is 133. The van der Waals surface area contributed by atoms with Crippen molar-refractivity contribution in [1.29, 1.82) is 0 Å². The maximum Gasteiger partial charge on any atom is 0.312 e. The highest BCUT2D eigenvalue weighted by Crippen LogP contribution is 2.70. The van der Waals surface area contributed by atoms with Crippen molar-refractivity contribution in [2.75, 3.05) is 82.8 Å². The van der Waals surface area contributed by atoms with Gasteiger partial charge in [-0.2, -0.15) is 0 Å². The molecule has 564 valence electrons. The average molecular weight is 1440 g/mol. The fraction of sp³-hybridized carbons (Fsp3) is 0.564. The molecule has 2 aliphatic heterocycles. The highest BCUT2D eigenvalue weighted by molar-refractivity contribution is 6.02. The Kier molecular flexibility index (Phi) is 28.7. The molecule has 2 heterocycles. The zero-order chi connectivity index (χ0) is 74.6. The summed E-state index contributed by atoms with van der Waals surface area (Å²) in [7, 11) is 0. The Hall–Kier alpha value is -8.50. The van der Waals surface area contributed by atoms with E-state index in [2.05, 4.69) is 39.6 Å². The Balaban J connectivity index is 0.624. The van der Waals surface area contributed by atoms with Crippen LogP contribution in [0.1, 0.15) is 147 Å². The number of esters is 2. The Labute approximate surface area is 608 Å². The van der Waals surface area contributed by atoms with E-state index in [4.69, 9.17) is 43.6 Å². The lowest BCUT2D eigenvalue weighted by molar-refractivity contribution is -0.201. The van der Waals surface area contributed by atoms with Gasteiger partial charge in [0.25, 0.3) is 0 Å². The second kappa shape index (κ2) is 37.5. The molecule has 104 heavy (non-hydrogen) atoms. The molecule has 26 nitrogen and oxygen atoms in total. The zero-order valence-corrected chi connectivity index (χ0v) is 60.6. The number of carbonyl (C=O) groups excluding carboxylic acids is 10. The van der Waals surface area contributed by atoms with E-state index in [1.807, 2.05) is 75.4 Å². The second-order valence-electron chi connectivity index (χ2n) is 28.4. The summed E-state index contributed by atoms with van der Waals surface area (Å²) in [5.41, 5.74) is 9.25. The van der Waals surface area contributed by atoms with Gasteiger partial charge in [0.05, 0.1) is 90.1 Å². The first kappa shape index (κ1) is 79.6. The molecule has 6 aliphatic rings. The molecule has 9 rings (SSSR count). The predicted molar refractivity (Wildman–Crippen MR) is 384 cm³/mol. The van der Waals surface area contributed by atoms with Gasteiger partial charge in [-0.25, -0.2) is 4.79 Å². The minimum Gasteiger partial charge on any atom is -0.461 e. The van der Waals surface area contributed by atoms with Crippen LogP contribution in [0.2, 0.25) is 0 Å². The largest absolute Gasteiger partial charge is 0.461 e. The van der Waals surface area contributed by atoms with Crippen molar-refractivity contribution in [3.63, 3.8) is 0 Å². The number of para-hydroxylation sites is 1. The quantitative estimate of drug-likeness (QED) is 0.0219. The van der Waals surface area contributed by atoms with Crippen LogP contribution in [-0.2, 0) is 94.2 Å². The van der Waals surface area contributed by atoms with Crippen molar-refractivity contribution in [3.05, 3.63) is 119 Å². The maximum absolute atomic E-state index is 14.6. The summed E-state index contributed by atoms with van der Waals surface area (Å²) >= 11 is 0. The van der Waals surface area contributed by atoms with Gasteiger partial charge in [0.2, 0.25) is 35.3 Å². The summed E-state index contributed by atoms with van der Waals surface area (Å²) in [6.45, 7) is 13.6. The molecule has 0 bridgehead atoms. The smallest absolute Gasteiger partial charge is 0.312 e. The molecule has 4 fully saturated rings. The number of nitrogens with two attached hydrogens (primary N) is 1. The number of nitrogens with zero attached hydrogens (tertiary/aromatic N) is 1. The van der Waals surface area contributed by atoms with Crippen LogP contribution >= 0.6 is 0 Å². The SMILES string of the molecule is CCCC1O[C@@H]2C[C@H]3[C@@H]4CCC5=CC(=O)C=C[C@]5(C)[C@H]4[C@@H](O)C[C@]3(C)[C@]2(C(=O)COC(=O)CCC(=O)OCc2ccc(NC(=O)[C@H](CCCNC(N)=O)NC(=O)[C@@H](NC(=O)CCOCCOCCOCCOCCNC(=O)CCC(=O)N3Cc4ccccc4/C=C(/C)c4ccccc43)C(C)C)cc2)O1. The van der Waals surface area contributed by atoms with E-state index in [1.165, 1.54) is 0 Å². The van der Waals surface area contributed by atoms with E-state index in [9.17, 15) is 53.1 Å². The number of allylic oxidation sites excluding steroid dienone is 5. The van der Waals surface area contributed by atoms with Crippen molar-refractivity contribution in [1.82, 2.24) is 21.3 Å². The zero-order valence-electron chi connectivity index (χ0n) is 60.6. The summed E-state index contributed by atoms with van der Waals surface area (Å²) in [5, 5.41) is 25.6. The third kappa shape index (κ3) is 20.1. The van der Waals surface area contributed by atoms with Crippen molar-refractivity contribution in [2.24, 2.45) is 40.2 Å². The Morgan fingerprint density at radius 3 is 2.14 bits per heavy atom.